The third-order valence-corrected chi connectivity index (χ3v) is 3.36. The molecule has 0 bridgehead atoms. The van der Waals surface area contributed by atoms with Gasteiger partial charge in [0.1, 0.15) is 0 Å². The van der Waals surface area contributed by atoms with Crippen LogP contribution in [0.1, 0.15) is 30.1 Å². The summed E-state index contributed by atoms with van der Waals surface area (Å²) in [6.07, 6.45) is 1.37. The standard InChI is InChI=1S/C11H15O4P/c1-2-3-9-16(13,14)15-11(12)10-7-5-4-6-8-10/h4-8H,2-3,9H2,1H3,(H,13,14). The number of carbonyl (C=O) groups excluding carboxylic acids is 1. The Hall–Kier alpha value is -1.12. The summed E-state index contributed by atoms with van der Waals surface area (Å²) in [5.41, 5.74) is 0.285. The number of unbranched alkanes of at least 4 members (excludes halogenated alkanes) is 1. The molecule has 88 valence electrons. The Morgan fingerprint density at radius 2 is 2.00 bits per heavy atom. The van der Waals surface area contributed by atoms with Crippen molar-refractivity contribution in [2.45, 2.75) is 19.8 Å². The van der Waals surface area contributed by atoms with Crippen molar-refractivity contribution in [1.82, 2.24) is 0 Å². The average Bonchev–Trinajstić information content (AvgIpc) is 2.27. The first-order valence-corrected chi connectivity index (χ1v) is 6.92. The highest BCUT2D eigenvalue weighted by atomic mass is 31.2. The Bertz CT molecular complexity index is 388. The maximum absolute atomic E-state index is 11.5. The lowest BCUT2D eigenvalue weighted by Crippen LogP contribution is -2.05. The van der Waals surface area contributed by atoms with Crippen molar-refractivity contribution in [3.63, 3.8) is 0 Å². The van der Waals surface area contributed by atoms with Gasteiger partial charge in [-0.3, -0.25) is 0 Å². The summed E-state index contributed by atoms with van der Waals surface area (Å²) in [7, 11) is -3.78. The summed E-state index contributed by atoms with van der Waals surface area (Å²) < 4.78 is 16.1. The predicted octanol–water partition coefficient (Wildman–Crippen LogP) is 2.83. The van der Waals surface area contributed by atoms with Gasteiger partial charge in [0.05, 0.1) is 11.7 Å². The molecule has 5 heteroatoms. The van der Waals surface area contributed by atoms with E-state index in [2.05, 4.69) is 4.52 Å². The lowest BCUT2D eigenvalue weighted by atomic mass is 10.2. The molecule has 1 N–H and O–H groups in total. The molecule has 0 aromatic heterocycles. The number of hydrogen-bond donors (Lipinski definition) is 1. The molecule has 0 spiro atoms. The summed E-state index contributed by atoms with van der Waals surface area (Å²) in [6, 6.07) is 8.19. The fraction of sp³-hybridized carbons (Fsp3) is 0.364. The van der Waals surface area contributed by atoms with Gasteiger partial charge in [-0.25, -0.2) is 9.36 Å². The summed E-state index contributed by atoms with van der Waals surface area (Å²) in [6.45, 7) is 1.90. The van der Waals surface area contributed by atoms with Gasteiger partial charge >= 0.3 is 13.6 Å². The van der Waals surface area contributed by atoms with Gasteiger partial charge in [-0.05, 0) is 18.6 Å². The molecule has 1 unspecified atom stereocenters. The molecule has 1 aromatic rings. The van der Waals surface area contributed by atoms with Crippen molar-refractivity contribution in [1.29, 1.82) is 0 Å². The van der Waals surface area contributed by atoms with Gasteiger partial charge in [0.15, 0.2) is 0 Å². The van der Waals surface area contributed by atoms with E-state index in [1.54, 1.807) is 30.3 Å². The van der Waals surface area contributed by atoms with Crippen LogP contribution in [-0.2, 0) is 9.09 Å². The highest BCUT2D eigenvalue weighted by molar-refractivity contribution is 7.53. The van der Waals surface area contributed by atoms with E-state index in [4.69, 9.17) is 0 Å². The Kier molecular flexibility index (Phi) is 4.71. The van der Waals surface area contributed by atoms with E-state index in [0.717, 1.165) is 6.42 Å². The fourth-order valence-electron chi connectivity index (χ4n) is 1.16. The molecule has 1 atom stereocenters. The molecular formula is C11H15O4P. The highest BCUT2D eigenvalue weighted by Crippen LogP contribution is 2.43. The SMILES string of the molecule is CCCCP(=O)(O)OC(=O)c1ccccc1. The van der Waals surface area contributed by atoms with Crippen LogP contribution in [0.3, 0.4) is 0 Å². The average molecular weight is 242 g/mol. The van der Waals surface area contributed by atoms with E-state index in [9.17, 15) is 14.3 Å². The van der Waals surface area contributed by atoms with Gasteiger partial charge in [-0.1, -0.05) is 31.5 Å². The van der Waals surface area contributed by atoms with Crippen molar-refractivity contribution in [3.8, 4) is 0 Å². The molecule has 0 aliphatic heterocycles. The highest BCUT2D eigenvalue weighted by Gasteiger charge is 2.23. The van der Waals surface area contributed by atoms with Gasteiger partial charge in [0.2, 0.25) is 0 Å². The Morgan fingerprint density at radius 1 is 1.38 bits per heavy atom. The second-order valence-corrected chi connectivity index (χ2v) is 5.36. The van der Waals surface area contributed by atoms with Crippen LogP contribution in [0.5, 0.6) is 0 Å². The molecule has 0 saturated carbocycles. The van der Waals surface area contributed by atoms with Crippen LogP contribution in [0.15, 0.2) is 30.3 Å². The van der Waals surface area contributed by atoms with Crippen molar-refractivity contribution in [2.24, 2.45) is 0 Å². The van der Waals surface area contributed by atoms with Crippen LogP contribution in [-0.4, -0.2) is 17.0 Å². The normalized spacial score (nSPS) is 14.1. The van der Waals surface area contributed by atoms with Crippen LogP contribution in [0.4, 0.5) is 0 Å². The van der Waals surface area contributed by atoms with Crippen LogP contribution in [0, 0.1) is 0 Å². The van der Waals surface area contributed by atoms with E-state index in [1.165, 1.54) is 0 Å². The molecule has 4 nitrogen and oxygen atoms in total. The largest absolute Gasteiger partial charge is 0.388 e. The Morgan fingerprint density at radius 3 is 2.56 bits per heavy atom. The zero-order valence-corrected chi connectivity index (χ0v) is 10.0. The predicted molar refractivity (Wildman–Crippen MR) is 61.5 cm³/mol. The lowest BCUT2D eigenvalue weighted by Gasteiger charge is -2.11. The van der Waals surface area contributed by atoms with Crippen LogP contribution in [0.25, 0.3) is 0 Å². The molecule has 0 aliphatic carbocycles. The molecule has 0 radical (unpaired) electrons. The second-order valence-electron chi connectivity index (χ2n) is 3.46. The fourth-order valence-corrected chi connectivity index (χ4v) is 2.33. The third kappa shape index (κ3) is 4.17. The molecule has 0 amide bonds. The van der Waals surface area contributed by atoms with Gasteiger partial charge in [-0.15, -0.1) is 0 Å². The minimum absolute atomic E-state index is 0.0159. The summed E-state index contributed by atoms with van der Waals surface area (Å²) in [4.78, 5) is 20.9. The molecule has 0 saturated heterocycles. The summed E-state index contributed by atoms with van der Waals surface area (Å²) >= 11 is 0. The number of hydrogen-bond acceptors (Lipinski definition) is 3. The minimum Gasteiger partial charge on any atom is -0.388 e. The number of benzene rings is 1. The summed E-state index contributed by atoms with van der Waals surface area (Å²) in [5, 5.41) is 0. The van der Waals surface area contributed by atoms with Crippen molar-refractivity contribution >= 4 is 13.6 Å². The quantitative estimate of drug-likeness (QED) is 0.806. The van der Waals surface area contributed by atoms with Gasteiger partial charge < -0.3 is 9.42 Å². The van der Waals surface area contributed by atoms with Crippen LogP contribution in [0.2, 0.25) is 0 Å². The van der Waals surface area contributed by atoms with Crippen molar-refractivity contribution < 1.29 is 18.8 Å². The zero-order chi connectivity index (χ0) is 12.0. The maximum Gasteiger partial charge on any atom is 0.378 e. The van der Waals surface area contributed by atoms with Crippen molar-refractivity contribution in [2.75, 3.05) is 6.16 Å². The van der Waals surface area contributed by atoms with Gasteiger partial charge in [-0.2, -0.15) is 0 Å². The molecule has 0 heterocycles. The molecule has 16 heavy (non-hydrogen) atoms. The van der Waals surface area contributed by atoms with Gasteiger partial charge in [0.25, 0.3) is 0 Å². The van der Waals surface area contributed by atoms with E-state index < -0.39 is 13.6 Å². The van der Waals surface area contributed by atoms with Crippen LogP contribution >= 0.6 is 7.60 Å². The second kappa shape index (κ2) is 5.83. The van der Waals surface area contributed by atoms with E-state index in [1.807, 2.05) is 6.92 Å². The topological polar surface area (TPSA) is 63.6 Å². The first-order valence-electron chi connectivity index (χ1n) is 5.16. The first-order chi connectivity index (χ1) is 7.55. The monoisotopic (exact) mass is 242 g/mol. The molecule has 1 rings (SSSR count). The zero-order valence-electron chi connectivity index (χ0n) is 9.13. The minimum atomic E-state index is -3.78. The van der Waals surface area contributed by atoms with E-state index in [-0.39, 0.29) is 11.7 Å². The molecular weight excluding hydrogens is 227 g/mol. The van der Waals surface area contributed by atoms with Gasteiger partial charge in [0, 0.05) is 0 Å². The maximum atomic E-state index is 11.5. The van der Waals surface area contributed by atoms with E-state index in [0.29, 0.717) is 6.42 Å². The smallest absolute Gasteiger partial charge is 0.378 e. The van der Waals surface area contributed by atoms with Crippen molar-refractivity contribution in [3.05, 3.63) is 35.9 Å². The Balaban J connectivity index is 2.61. The summed E-state index contributed by atoms with van der Waals surface area (Å²) in [5.74, 6) is -0.748. The molecule has 1 aromatic carbocycles. The van der Waals surface area contributed by atoms with E-state index >= 15 is 0 Å². The number of carbonyl (C=O) groups is 1. The third-order valence-electron chi connectivity index (χ3n) is 2.03. The Labute approximate surface area is 94.8 Å². The first kappa shape index (κ1) is 12.9. The molecule has 0 fully saturated rings. The number of rotatable bonds is 5. The molecule has 0 aliphatic rings. The lowest BCUT2D eigenvalue weighted by molar-refractivity contribution is 0.0717. The van der Waals surface area contributed by atoms with Crippen LogP contribution < -0.4 is 0 Å².